The zero-order valence-electron chi connectivity index (χ0n) is 16.6. The highest BCUT2D eigenvalue weighted by Crippen LogP contribution is 2.28. The minimum atomic E-state index is -0.387. The van der Waals surface area contributed by atoms with Crippen LogP contribution >= 0.6 is 11.8 Å². The largest absolute Gasteiger partial charge is 0.411 e. The van der Waals surface area contributed by atoms with Crippen molar-refractivity contribution in [3.63, 3.8) is 0 Å². The van der Waals surface area contributed by atoms with E-state index in [0.29, 0.717) is 28.8 Å². The molecule has 0 bridgehead atoms. The lowest BCUT2D eigenvalue weighted by atomic mass is 10.1. The third-order valence-electron chi connectivity index (χ3n) is 4.28. The Morgan fingerprint density at radius 3 is 2.41 bits per heavy atom. The number of hydrogen-bond donors (Lipinski definition) is 1. The number of nitrogens with one attached hydrogen (secondary N) is 1. The van der Waals surface area contributed by atoms with Gasteiger partial charge in [-0.15, -0.1) is 10.2 Å². The fourth-order valence-electron chi connectivity index (χ4n) is 2.68. The van der Waals surface area contributed by atoms with Crippen LogP contribution < -0.4 is 5.32 Å². The maximum Gasteiger partial charge on any atom is 0.277 e. The van der Waals surface area contributed by atoms with Gasteiger partial charge in [0.2, 0.25) is 11.8 Å². The van der Waals surface area contributed by atoms with E-state index in [0.717, 1.165) is 17.5 Å². The van der Waals surface area contributed by atoms with Gasteiger partial charge in [-0.3, -0.25) is 9.59 Å². The highest BCUT2D eigenvalue weighted by molar-refractivity contribution is 8.00. The number of carbonyl (C=O) groups excluding carboxylic acids is 2. The molecule has 29 heavy (non-hydrogen) atoms. The van der Waals surface area contributed by atoms with Crippen molar-refractivity contribution in [3.05, 3.63) is 59.7 Å². The molecule has 0 saturated carbocycles. The van der Waals surface area contributed by atoms with Crippen LogP contribution in [0.3, 0.4) is 0 Å². The summed E-state index contributed by atoms with van der Waals surface area (Å²) in [4.78, 5) is 24.4. The number of hydrogen-bond acceptors (Lipinski definition) is 6. The average Bonchev–Trinajstić information content (AvgIpc) is 3.17. The highest BCUT2D eigenvalue weighted by atomic mass is 32.2. The Balaban J connectivity index is 1.62. The molecule has 1 N–H and O–H groups in total. The van der Waals surface area contributed by atoms with Gasteiger partial charge in [-0.1, -0.05) is 36.4 Å². The molecule has 0 aliphatic heterocycles. The summed E-state index contributed by atoms with van der Waals surface area (Å²) in [5.41, 5.74) is 3.24. The first kappa shape index (κ1) is 20.8. The summed E-state index contributed by atoms with van der Waals surface area (Å²) in [5.74, 6) is 0.354. The number of carbonyl (C=O) groups is 2. The molecule has 1 atom stereocenters. The molecule has 1 amide bonds. The van der Waals surface area contributed by atoms with Crippen LogP contribution in [-0.4, -0.2) is 27.1 Å². The highest BCUT2D eigenvalue weighted by Gasteiger charge is 2.20. The Labute approximate surface area is 174 Å². The average molecular weight is 410 g/mol. The number of benzene rings is 2. The van der Waals surface area contributed by atoms with Crippen LogP contribution in [0.1, 0.15) is 42.6 Å². The van der Waals surface area contributed by atoms with Crippen molar-refractivity contribution in [2.45, 2.75) is 44.1 Å². The number of amides is 1. The second-order valence-corrected chi connectivity index (χ2v) is 8.03. The van der Waals surface area contributed by atoms with Crippen LogP contribution in [0.15, 0.2) is 58.2 Å². The standard InChI is InChI=1S/C22H23N3O3S/c1-4-5-19(26)23-18-12-10-16(11-13-18)20(27)15(3)29-22-25-24-21(28-22)17-8-6-14(2)7-9-17/h6-13,15H,4-5H2,1-3H3,(H,23,26). The summed E-state index contributed by atoms with van der Waals surface area (Å²) in [6.45, 7) is 5.77. The first-order chi connectivity index (χ1) is 14.0. The molecule has 0 fully saturated rings. The Morgan fingerprint density at radius 1 is 1.07 bits per heavy atom. The van der Waals surface area contributed by atoms with Crippen LogP contribution in [0.25, 0.3) is 11.5 Å². The number of nitrogens with zero attached hydrogens (tertiary/aromatic N) is 2. The van der Waals surface area contributed by atoms with Crippen molar-refractivity contribution in [1.82, 2.24) is 10.2 Å². The van der Waals surface area contributed by atoms with E-state index in [2.05, 4.69) is 15.5 Å². The molecule has 0 radical (unpaired) electrons. The van der Waals surface area contributed by atoms with E-state index in [4.69, 9.17) is 4.42 Å². The number of thioether (sulfide) groups is 1. The normalized spacial score (nSPS) is 11.8. The summed E-state index contributed by atoms with van der Waals surface area (Å²) in [6.07, 6.45) is 1.27. The van der Waals surface area contributed by atoms with Crippen molar-refractivity contribution >= 4 is 29.1 Å². The Bertz CT molecular complexity index is 981. The van der Waals surface area contributed by atoms with Crippen molar-refractivity contribution < 1.29 is 14.0 Å². The van der Waals surface area contributed by atoms with Crippen molar-refractivity contribution in [2.75, 3.05) is 5.32 Å². The summed E-state index contributed by atoms with van der Waals surface area (Å²) < 4.78 is 5.69. The molecule has 2 aromatic carbocycles. The topological polar surface area (TPSA) is 85.1 Å². The summed E-state index contributed by atoms with van der Waals surface area (Å²) >= 11 is 1.23. The lowest BCUT2D eigenvalue weighted by Crippen LogP contribution is -2.14. The lowest BCUT2D eigenvalue weighted by Gasteiger charge is -2.09. The second kappa shape index (κ2) is 9.52. The van der Waals surface area contributed by atoms with Gasteiger partial charge in [0, 0.05) is 23.2 Å². The number of anilines is 1. The van der Waals surface area contributed by atoms with Gasteiger partial charge in [0.1, 0.15) is 0 Å². The Hall–Kier alpha value is -2.93. The van der Waals surface area contributed by atoms with E-state index in [1.165, 1.54) is 11.8 Å². The van der Waals surface area contributed by atoms with Gasteiger partial charge in [0.15, 0.2) is 5.78 Å². The first-order valence-electron chi connectivity index (χ1n) is 9.47. The maximum atomic E-state index is 12.7. The molecule has 0 spiro atoms. The number of rotatable bonds is 8. The molecule has 150 valence electrons. The molecule has 0 aliphatic carbocycles. The van der Waals surface area contributed by atoms with Gasteiger partial charge in [-0.25, -0.2) is 0 Å². The molecule has 0 aliphatic rings. The maximum absolute atomic E-state index is 12.7. The molecular formula is C22H23N3O3S. The quantitative estimate of drug-likeness (QED) is 0.409. The van der Waals surface area contributed by atoms with E-state index in [1.54, 1.807) is 31.2 Å². The van der Waals surface area contributed by atoms with Crippen molar-refractivity contribution in [2.24, 2.45) is 0 Å². The van der Waals surface area contributed by atoms with Gasteiger partial charge in [0.05, 0.1) is 5.25 Å². The summed E-state index contributed by atoms with van der Waals surface area (Å²) in [7, 11) is 0. The van der Waals surface area contributed by atoms with E-state index in [-0.39, 0.29) is 16.9 Å². The zero-order valence-corrected chi connectivity index (χ0v) is 17.5. The Kier molecular flexibility index (Phi) is 6.82. The van der Waals surface area contributed by atoms with E-state index in [1.807, 2.05) is 38.1 Å². The number of Topliss-reactive ketones (excluding diaryl/α,β-unsaturated/α-hetero) is 1. The molecule has 1 unspecified atom stereocenters. The van der Waals surface area contributed by atoms with E-state index in [9.17, 15) is 9.59 Å². The van der Waals surface area contributed by atoms with Gasteiger partial charge in [-0.05, 0) is 56.7 Å². The van der Waals surface area contributed by atoms with Crippen molar-refractivity contribution in [3.8, 4) is 11.5 Å². The molecule has 1 aromatic heterocycles. The van der Waals surface area contributed by atoms with Gasteiger partial charge in [-0.2, -0.15) is 0 Å². The number of aromatic nitrogens is 2. The minimum Gasteiger partial charge on any atom is -0.411 e. The SMILES string of the molecule is CCCC(=O)Nc1ccc(C(=O)C(C)Sc2nnc(-c3ccc(C)cc3)o2)cc1. The van der Waals surface area contributed by atoms with Gasteiger partial charge >= 0.3 is 0 Å². The zero-order chi connectivity index (χ0) is 20.8. The predicted molar refractivity (Wildman–Crippen MR) is 114 cm³/mol. The smallest absolute Gasteiger partial charge is 0.277 e. The fourth-order valence-corrected chi connectivity index (χ4v) is 3.44. The van der Waals surface area contributed by atoms with Crippen LogP contribution in [0.4, 0.5) is 5.69 Å². The van der Waals surface area contributed by atoms with Crippen LogP contribution in [0.5, 0.6) is 0 Å². The fraction of sp³-hybridized carbons (Fsp3) is 0.273. The molecule has 0 saturated heterocycles. The third kappa shape index (κ3) is 5.54. The molecule has 3 rings (SSSR count). The predicted octanol–water partition coefficient (Wildman–Crippen LogP) is 5.15. The van der Waals surface area contributed by atoms with Crippen LogP contribution in [0.2, 0.25) is 0 Å². The molecule has 7 heteroatoms. The Morgan fingerprint density at radius 2 is 1.76 bits per heavy atom. The molecule has 3 aromatic rings. The molecule has 1 heterocycles. The third-order valence-corrected chi connectivity index (χ3v) is 5.22. The molecular weight excluding hydrogens is 386 g/mol. The summed E-state index contributed by atoms with van der Waals surface area (Å²) in [6, 6.07) is 14.7. The minimum absolute atomic E-state index is 0.0312. The van der Waals surface area contributed by atoms with Crippen molar-refractivity contribution in [1.29, 1.82) is 0 Å². The monoisotopic (exact) mass is 409 g/mol. The van der Waals surface area contributed by atoms with Crippen LogP contribution in [-0.2, 0) is 4.79 Å². The van der Waals surface area contributed by atoms with Gasteiger partial charge < -0.3 is 9.73 Å². The second-order valence-electron chi connectivity index (χ2n) is 6.74. The summed E-state index contributed by atoms with van der Waals surface area (Å²) in [5, 5.41) is 10.9. The molecule has 6 nitrogen and oxygen atoms in total. The van der Waals surface area contributed by atoms with E-state index < -0.39 is 0 Å². The first-order valence-corrected chi connectivity index (χ1v) is 10.4. The number of ketones is 1. The lowest BCUT2D eigenvalue weighted by molar-refractivity contribution is -0.116. The van der Waals surface area contributed by atoms with Gasteiger partial charge in [0.25, 0.3) is 5.22 Å². The van der Waals surface area contributed by atoms with Crippen LogP contribution in [0, 0.1) is 6.92 Å². The number of aryl methyl sites for hydroxylation is 1. The van der Waals surface area contributed by atoms with E-state index >= 15 is 0 Å².